The molecule has 0 aliphatic rings. The Bertz CT molecular complexity index is 1030. The van der Waals surface area contributed by atoms with E-state index in [1.165, 1.54) is 32.2 Å². The molecule has 0 saturated carbocycles. The van der Waals surface area contributed by atoms with Gasteiger partial charge in [-0.2, -0.15) is 0 Å². The number of carbonyl (C=O) groups excluding carboxylic acids is 2. The van der Waals surface area contributed by atoms with Gasteiger partial charge < -0.3 is 18.6 Å². The average Bonchev–Trinajstić information content (AvgIpc) is 2.62. The van der Waals surface area contributed by atoms with Gasteiger partial charge in [0, 0.05) is 13.0 Å². The minimum atomic E-state index is -0.890. The topological polar surface area (TPSA) is 92.0 Å². The van der Waals surface area contributed by atoms with E-state index in [2.05, 4.69) is 0 Å². The van der Waals surface area contributed by atoms with Crippen LogP contribution in [0.25, 0.3) is 11.0 Å². The third kappa shape index (κ3) is 3.41. The SMILES string of the molecule is COc1c(OC(=O)c2ccccc2)c(=O)oc2cc(OC(C)=O)ccc12. The van der Waals surface area contributed by atoms with Crippen molar-refractivity contribution in [3.05, 3.63) is 64.5 Å². The Morgan fingerprint density at radius 1 is 0.962 bits per heavy atom. The van der Waals surface area contributed by atoms with E-state index in [-0.39, 0.29) is 28.4 Å². The van der Waals surface area contributed by atoms with Crippen molar-refractivity contribution in [2.24, 2.45) is 0 Å². The maximum absolute atomic E-state index is 12.3. The van der Waals surface area contributed by atoms with Crippen molar-refractivity contribution in [3.63, 3.8) is 0 Å². The molecule has 0 amide bonds. The molecule has 1 heterocycles. The largest absolute Gasteiger partial charge is 0.492 e. The number of hydrogen-bond donors (Lipinski definition) is 0. The number of esters is 2. The Morgan fingerprint density at radius 2 is 1.69 bits per heavy atom. The second-order valence-corrected chi connectivity index (χ2v) is 5.26. The number of methoxy groups -OCH3 is 1. The van der Waals surface area contributed by atoms with Crippen molar-refractivity contribution in [2.75, 3.05) is 7.11 Å². The van der Waals surface area contributed by atoms with Crippen LogP contribution in [0.5, 0.6) is 17.2 Å². The van der Waals surface area contributed by atoms with E-state index in [4.69, 9.17) is 18.6 Å². The van der Waals surface area contributed by atoms with Gasteiger partial charge in [0.1, 0.15) is 11.3 Å². The monoisotopic (exact) mass is 354 g/mol. The number of hydrogen-bond acceptors (Lipinski definition) is 7. The van der Waals surface area contributed by atoms with E-state index in [1.54, 1.807) is 30.3 Å². The molecule has 0 atom stereocenters. The summed E-state index contributed by atoms with van der Waals surface area (Å²) >= 11 is 0. The average molecular weight is 354 g/mol. The zero-order chi connectivity index (χ0) is 18.7. The lowest BCUT2D eigenvalue weighted by atomic mass is 10.2. The molecule has 1 aromatic heterocycles. The summed E-state index contributed by atoms with van der Waals surface area (Å²) < 4.78 is 20.6. The number of fused-ring (bicyclic) bond motifs is 1. The summed E-state index contributed by atoms with van der Waals surface area (Å²) in [4.78, 5) is 35.6. The molecule has 2 aromatic carbocycles. The molecule has 0 spiro atoms. The van der Waals surface area contributed by atoms with Gasteiger partial charge >= 0.3 is 17.6 Å². The van der Waals surface area contributed by atoms with E-state index in [0.29, 0.717) is 5.39 Å². The number of ether oxygens (including phenoxy) is 3. The van der Waals surface area contributed by atoms with E-state index in [1.807, 2.05) is 0 Å². The maximum atomic E-state index is 12.3. The van der Waals surface area contributed by atoms with E-state index < -0.39 is 17.6 Å². The lowest BCUT2D eigenvalue weighted by Crippen LogP contribution is -2.15. The Balaban J connectivity index is 2.05. The van der Waals surface area contributed by atoms with Crippen LogP contribution in [-0.4, -0.2) is 19.0 Å². The third-order valence-corrected chi connectivity index (χ3v) is 3.46. The first-order valence-electron chi connectivity index (χ1n) is 7.60. The zero-order valence-corrected chi connectivity index (χ0v) is 14.0. The molecule has 7 heteroatoms. The molecule has 0 aliphatic heterocycles. The van der Waals surface area contributed by atoms with Crippen molar-refractivity contribution >= 4 is 22.9 Å². The predicted molar refractivity (Wildman–Crippen MR) is 91.7 cm³/mol. The van der Waals surface area contributed by atoms with E-state index in [9.17, 15) is 14.4 Å². The van der Waals surface area contributed by atoms with Crippen LogP contribution in [0.3, 0.4) is 0 Å². The Kier molecular flexibility index (Phi) is 4.70. The lowest BCUT2D eigenvalue weighted by molar-refractivity contribution is -0.131. The van der Waals surface area contributed by atoms with Gasteiger partial charge in [0.25, 0.3) is 5.75 Å². The minimum Gasteiger partial charge on any atom is -0.492 e. The summed E-state index contributed by atoms with van der Waals surface area (Å²) in [7, 11) is 1.34. The standard InChI is InChI=1S/C19H14O7/c1-11(20)24-13-8-9-14-15(10-13)25-19(22)17(16(14)23-2)26-18(21)12-6-4-3-5-7-12/h3-10H,1-2H3. The molecule has 3 aromatic rings. The van der Waals surface area contributed by atoms with Gasteiger partial charge in [-0.25, -0.2) is 9.59 Å². The van der Waals surface area contributed by atoms with Crippen LogP contribution in [0.15, 0.2) is 57.7 Å². The molecule has 0 bridgehead atoms. The van der Waals surface area contributed by atoms with Crippen LogP contribution >= 0.6 is 0 Å². The van der Waals surface area contributed by atoms with Crippen LogP contribution < -0.4 is 19.8 Å². The maximum Gasteiger partial charge on any atom is 0.383 e. The number of benzene rings is 2. The Morgan fingerprint density at radius 3 is 2.35 bits per heavy atom. The van der Waals surface area contributed by atoms with Gasteiger partial charge in [0.2, 0.25) is 0 Å². The summed E-state index contributed by atoms with van der Waals surface area (Å²) in [5.74, 6) is -1.31. The highest BCUT2D eigenvalue weighted by Crippen LogP contribution is 2.34. The molecular weight excluding hydrogens is 340 g/mol. The quantitative estimate of drug-likeness (QED) is 0.404. The van der Waals surface area contributed by atoms with Gasteiger partial charge in [0.05, 0.1) is 18.1 Å². The fourth-order valence-corrected chi connectivity index (χ4v) is 2.38. The smallest absolute Gasteiger partial charge is 0.383 e. The molecule has 0 fully saturated rings. The van der Waals surface area contributed by atoms with Crippen LogP contribution in [0.1, 0.15) is 17.3 Å². The van der Waals surface area contributed by atoms with E-state index in [0.717, 1.165) is 0 Å². The second kappa shape index (κ2) is 7.10. The van der Waals surface area contributed by atoms with Gasteiger partial charge in [-0.1, -0.05) is 18.2 Å². The molecule has 26 heavy (non-hydrogen) atoms. The van der Waals surface area contributed by atoms with Crippen molar-refractivity contribution in [2.45, 2.75) is 6.92 Å². The van der Waals surface area contributed by atoms with Crippen molar-refractivity contribution in [3.8, 4) is 17.2 Å². The van der Waals surface area contributed by atoms with Crippen LogP contribution in [0.4, 0.5) is 0 Å². The zero-order valence-electron chi connectivity index (χ0n) is 14.0. The van der Waals surface area contributed by atoms with Gasteiger partial charge in [-0.15, -0.1) is 0 Å². The molecule has 0 saturated heterocycles. The third-order valence-electron chi connectivity index (χ3n) is 3.46. The second-order valence-electron chi connectivity index (χ2n) is 5.26. The van der Waals surface area contributed by atoms with Crippen LogP contribution in [-0.2, 0) is 4.79 Å². The summed E-state index contributed by atoms with van der Waals surface area (Å²) in [6.45, 7) is 1.26. The highest BCUT2D eigenvalue weighted by atomic mass is 16.6. The molecule has 3 rings (SSSR count). The van der Waals surface area contributed by atoms with E-state index >= 15 is 0 Å². The van der Waals surface area contributed by atoms with Gasteiger partial charge in [-0.05, 0) is 24.3 Å². The molecular formula is C19H14O7. The first kappa shape index (κ1) is 17.2. The predicted octanol–water partition coefficient (Wildman–Crippen LogP) is 2.95. The van der Waals surface area contributed by atoms with Crippen molar-refractivity contribution in [1.29, 1.82) is 0 Å². The van der Waals surface area contributed by atoms with Crippen molar-refractivity contribution in [1.82, 2.24) is 0 Å². The fraction of sp³-hybridized carbons (Fsp3) is 0.105. The van der Waals surface area contributed by atoms with Crippen molar-refractivity contribution < 1.29 is 28.2 Å². The molecule has 132 valence electrons. The normalized spacial score (nSPS) is 10.4. The molecule has 0 unspecified atom stereocenters. The minimum absolute atomic E-state index is 0.0508. The first-order chi connectivity index (χ1) is 12.5. The summed E-state index contributed by atoms with van der Waals surface area (Å²) in [5, 5.41) is 0.388. The van der Waals surface area contributed by atoms with Crippen LogP contribution in [0, 0.1) is 0 Å². The van der Waals surface area contributed by atoms with Crippen LogP contribution in [0.2, 0.25) is 0 Å². The highest BCUT2D eigenvalue weighted by Gasteiger charge is 2.21. The lowest BCUT2D eigenvalue weighted by Gasteiger charge is -2.11. The summed E-state index contributed by atoms with van der Waals surface area (Å²) in [6, 6.07) is 12.6. The summed E-state index contributed by atoms with van der Waals surface area (Å²) in [5.41, 5.74) is -0.483. The van der Waals surface area contributed by atoms with Gasteiger partial charge in [-0.3, -0.25) is 4.79 Å². The summed E-state index contributed by atoms with van der Waals surface area (Å²) in [6.07, 6.45) is 0. The molecule has 0 N–H and O–H groups in total. The Labute approximate surface area is 147 Å². The van der Waals surface area contributed by atoms with Gasteiger partial charge in [0.15, 0.2) is 5.75 Å². The molecule has 0 radical (unpaired) electrons. The molecule has 7 nitrogen and oxygen atoms in total. The highest BCUT2D eigenvalue weighted by molar-refractivity contribution is 5.93. The Hall–Kier alpha value is -3.61. The number of rotatable bonds is 4. The number of carbonyl (C=O) groups is 2. The molecule has 0 aliphatic carbocycles. The first-order valence-corrected chi connectivity index (χ1v) is 7.60. The fourth-order valence-electron chi connectivity index (χ4n) is 2.38.